The number of anilines is 1. The second kappa shape index (κ2) is 12.0. The number of imidazole rings is 1. The summed E-state index contributed by atoms with van der Waals surface area (Å²) in [4.78, 5) is 33.8. The number of rotatable bonds is 8. The van der Waals surface area contributed by atoms with Crippen LogP contribution in [0.5, 0.6) is 0 Å². The summed E-state index contributed by atoms with van der Waals surface area (Å²) in [5.41, 5.74) is 5.04. The Bertz CT molecular complexity index is 1460. The zero-order chi connectivity index (χ0) is 27.3. The van der Waals surface area contributed by atoms with E-state index in [1.54, 1.807) is 0 Å². The number of carbonyl (C=O) groups excluding carboxylic acids is 2. The molecule has 40 heavy (non-hydrogen) atoms. The molecule has 2 saturated carbocycles. The van der Waals surface area contributed by atoms with E-state index in [1.807, 2.05) is 60.7 Å². The maximum atomic E-state index is 13.1. The van der Waals surface area contributed by atoms with E-state index < -0.39 is 0 Å². The number of ether oxygens (including phenoxy) is 1. The number of nitrogens with one attached hydrogen (secondary N) is 3. The second-order valence-corrected chi connectivity index (χ2v) is 11.1. The third-order valence-electron chi connectivity index (χ3n) is 8.22. The summed E-state index contributed by atoms with van der Waals surface area (Å²) in [6.45, 7) is 0.549. The van der Waals surface area contributed by atoms with E-state index in [2.05, 4.69) is 27.8 Å². The van der Waals surface area contributed by atoms with Gasteiger partial charge in [-0.05, 0) is 80.1 Å². The third kappa shape index (κ3) is 6.10. The Balaban J connectivity index is 1.08. The molecule has 0 aliphatic heterocycles. The van der Waals surface area contributed by atoms with Crippen molar-refractivity contribution < 1.29 is 14.3 Å². The predicted octanol–water partition coefficient (Wildman–Crippen LogP) is 6.62. The zero-order valence-electron chi connectivity index (χ0n) is 22.7. The van der Waals surface area contributed by atoms with Crippen molar-refractivity contribution in [1.82, 2.24) is 15.3 Å². The minimum atomic E-state index is -0.107. The number of fused-ring (bicyclic) bond motifs is 1. The van der Waals surface area contributed by atoms with Gasteiger partial charge in [-0.25, -0.2) is 4.98 Å². The number of carbonyl (C=O) groups is 2. The van der Waals surface area contributed by atoms with Gasteiger partial charge in [0.15, 0.2) is 0 Å². The number of nitrogens with zero attached hydrogens (tertiary/aromatic N) is 1. The summed E-state index contributed by atoms with van der Waals surface area (Å²) < 4.78 is 6.17. The Morgan fingerprint density at radius 3 is 2.48 bits per heavy atom. The zero-order valence-corrected chi connectivity index (χ0v) is 22.7. The molecule has 6 rings (SSSR count). The minimum absolute atomic E-state index is 0.00114. The van der Waals surface area contributed by atoms with E-state index in [-0.39, 0.29) is 29.9 Å². The number of aromatic nitrogens is 2. The van der Waals surface area contributed by atoms with Gasteiger partial charge in [-0.3, -0.25) is 9.59 Å². The van der Waals surface area contributed by atoms with Crippen molar-refractivity contribution in [2.45, 2.75) is 70.1 Å². The summed E-state index contributed by atoms with van der Waals surface area (Å²) in [5.74, 6) is 0.859. The normalized spacial score (nSPS) is 19.5. The van der Waals surface area contributed by atoms with Crippen molar-refractivity contribution in [3.05, 3.63) is 83.9 Å². The van der Waals surface area contributed by atoms with Crippen LogP contribution in [0.2, 0.25) is 0 Å². The van der Waals surface area contributed by atoms with Crippen LogP contribution in [0.15, 0.2) is 72.8 Å². The molecule has 0 radical (unpaired) electrons. The fraction of sp³-hybridized carbons (Fsp3) is 0.364. The molecule has 7 nitrogen and oxygen atoms in total. The lowest BCUT2D eigenvalue weighted by atomic mass is 9.88. The van der Waals surface area contributed by atoms with Crippen molar-refractivity contribution >= 4 is 28.5 Å². The van der Waals surface area contributed by atoms with Gasteiger partial charge in [0.2, 0.25) is 5.91 Å². The van der Waals surface area contributed by atoms with Gasteiger partial charge in [0.1, 0.15) is 5.82 Å². The van der Waals surface area contributed by atoms with Crippen LogP contribution in [0.4, 0.5) is 5.69 Å². The molecule has 7 heteroatoms. The lowest BCUT2D eigenvalue weighted by Gasteiger charge is -2.21. The Hall–Kier alpha value is -3.97. The van der Waals surface area contributed by atoms with Gasteiger partial charge < -0.3 is 20.4 Å². The Labute approximate surface area is 234 Å². The van der Waals surface area contributed by atoms with Gasteiger partial charge >= 0.3 is 0 Å². The van der Waals surface area contributed by atoms with Crippen molar-refractivity contribution in [3.8, 4) is 11.4 Å². The van der Waals surface area contributed by atoms with Crippen LogP contribution < -0.4 is 10.6 Å². The second-order valence-electron chi connectivity index (χ2n) is 11.1. The van der Waals surface area contributed by atoms with Crippen LogP contribution in [-0.2, 0) is 16.1 Å². The van der Waals surface area contributed by atoms with Crippen molar-refractivity contribution in [2.75, 3.05) is 5.32 Å². The first-order valence-corrected chi connectivity index (χ1v) is 14.5. The van der Waals surface area contributed by atoms with E-state index in [0.29, 0.717) is 12.2 Å². The highest BCUT2D eigenvalue weighted by molar-refractivity contribution is 5.98. The van der Waals surface area contributed by atoms with Gasteiger partial charge in [0.25, 0.3) is 5.91 Å². The number of amides is 2. The molecule has 1 heterocycles. The van der Waals surface area contributed by atoms with Crippen molar-refractivity contribution in [3.63, 3.8) is 0 Å². The molecule has 0 spiro atoms. The Kier molecular flexibility index (Phi) is 7.91. The van der Waals surface area contributed by atoms with E-state index >= 15 is 0 Å². The maximum Gasteiger partial charge on any atom is 0.251 e. The molecule has 0 saturated heterocycles. The van der Waals surface area contributed by atoms with Crippen LogP contribution in [0, 0.1) is 5.92 Å². The Morgan fingerprint density at radius 2 is 1.68 bits per heavy atom. The first kappa shape index (κ1) is 26.3. The van der Waals surface area contributed by atoms with Crippen LogP contribution in [0.1, 0.15) is 67.3 Å². The molecular formula is C33H36N4O3. The summed E-state index contributed by atoms with van der Waals surface area (Å²) >= 11 is 0. The molecule has 206 valence electrons. The molecule has 2 aliphatic carbocycles. The molecule has 3 aromatic carbocycles. The van der Waals surface area contributed by atoms with E-state index in [1.165, 1.54) is 6.42 Å². The fourth-order valence-electron chi connectivity index (χ4n) is 5.92. The van der Waals surface area contributed by atoms with Crippen LogP contribution in [0.25, 0.3) is 22.4 Å². The molecule has 2 unspecified atom stereocenters. The van der Waals surface area contributed by atoms with E-state index in [0.717, 1.165) is 78.6 Å². The smallest absolute Gasteiger partial charge is 0.251 e. The molecule has 2 aliphatic rings. The molecule has 2 fully saturated rings. The van der Waals surface area contributed by atoms with Crippen LogP contribution in [-0.4, -0.2) is 33.9 Å². The SMILES string of the molecule is O=C(NC1CCCC1OCc1ccccc1)c1ccc2[nH]c(-c3ccc(NC(=O)C4CCCCC4)cc3)nc2c1. The highest BCUT2D eigenvalue weighted by Crippen LogP contribution is 2.27. The van der Waals surface area contributed by atoms with Crippen molar-refractivity contribution in [2.24, 2.45) is 5.92 Å². The van der Waals surface area contributed by atoms with Gasteiger partial charge in [-0.1, -0.05) is 49.6 Å². The topological polar surface area (TPSA) is 96.1 Å². The van der Waals surface area contributed by atoms with Gasteiger partial charge in [-0.15, -0.1) is 0 Å². The van der Waals surface area contributed by atoms with Crippen molar-refractivity contribution in [1.29, 1.82) is 0 Å². The Morgan fingerprint density at radius 1 is 0.875 bits per heavy atom. The first-order chi connectivity index (χ1) is 19.6. The average Bonchev–Trinajstić information content (AvgIpc) is 3.63. The van der Waals surface area contributed by atoms with Gasteiger partial charge in [0, 0.05) is 22.7 Å². The molecule has 2 atom stereocenters. The molecule has 2 amide bonds. The summed E-state index contributed by atoms with van der Waals surface area (Å²) in [7, 11) is 0. The number of benzene rings is 3. The molecular weight excluding hydrogens is 500 g/mol. The van der Waals surface area contributed by atoms with E-state index in [9.17, 15) is 9.59 Å². The summed E-state index contributed by atoms with van der Waals surface area (Å²) in [6.07, 6.45) is 8.37. The predicted molar refractivity (Wildman–Crippen MR) is 157 cm³/mol. The lowest BCUT2D eigenvalue weighted by molar-refractivity contribution is -0.120. The fourth-order valence-corrected chi connectivity index (χ4v) is 5.92. The van der Waals surface area contributed by atoms with Gasteiger partial charge in [0.05, 0.1) is 29.8 Å². The highest BCUT2D eigenvalue weighted by Gasteiger charge is 2.30. The molecule has 0 bridgehead atoms. The highest BCUT2D eigenvalue weighted by atomic mass is 16.5. The standard InChI is InChI=1S/C33H36N4O3/c38-32(24-10-5-2-6-11-24)34-26-17-14-23(15-18-26)31-35-27-19-16-25(20-29(27)36-31)33(39)37-28-12-7-13-30(28)40-21-22-8-3-1-4-9-22/h1,3-4,8-9,14-20,24,28,30H,2,5-7,10-13,21H2,(H,34,38)(H,35,36)(H,37,39). The van der Waals surface area contributed by atoms with Crippen LogP contribution >= 0.6 is 0 Å². The number of hydrogen-bond acceptors (Lipinski definition) is 4. The minimum Gasteiger partial charge on any atom is -0.371 e. The van der Waals surface area contributed by atoms with Crippen LogP contribution in [0.3, 0.4) is 0 Å². The molecule has 1 aromatic heterocycles. The largest absolute Gasteiger partial charge is 0.371 e. The number of aromatic amines is 1. The summed E-state index contributed by atoms with van der Waals surface area (Å²) in [5, 5.41) is 6.26. The first-order valence-electron chi connectivity index (χ1n) is 14.5. The quantitative estimate of drug-likeness (QED) is 0.236. The maximum absolute atomic E-state index is 13.1. The average molecular weight is 537 g/mol. The lowest BCUT2D eigenvalue weighted by Crippen LogP contribution is -2.41. The molecule has 4 aromatic rings. The number of hydrogen-bond donors (Lipinski definition) is 3. The van der Waals surface area contributed by atoms with Gasteiger partial charge in [-0.2, -0.15) is 0 Å². The number of H-pyrrole nitrogens is 1. The monoisotopic (exact) mass is 536 g/mol. The molecule has 3 N–H and O–H groups in total. The van der Waals surface area contributed by atoms with E-state index in [4.69, 9.17) is 9.72 Å². The summed E-state index contributed by atoms with van der Waals surface area (Å²) in [6, 6.07) is 23.4. The third-order valence-corrected chi connectivity index (χ3v) is 8.22.